The van der Waals surface area contributed by atoms with Gasteiger partial charge in [-0.25, -0.2) is 4.79 Å². The number of rotatable bonds is 5. The van der Waals surface area contributed by atoms with Crippen LogP contribution in [0.15, 0.2) is 18.2 Å². The van der Waals surface area contributed by atoms with E-state index >= 15 is 0 Å². The standard InChI is InChI=1S/C9H7NO6/c11-4-6-7(10(14)15)2-1-3-8(6)16-5-9(12)13/h1-4H,5H2,(H,12,13). The molecular weight excluding hydrogens is 218 g/mol. The minimum absolute atomic E-state index is 0.119. The van der Waals surface area contributed by atoms with E-state index in [2.05, 4.69) is 0 Å². The van der Waals surface area contributed by atoms with Crippen LogP contribution in [0.25, 0.3) is 0 Å². The second-order valence-electron chi connectivity index (χ2n) is 2.75. The average Bonchev–Trinajstić information content (AvgIpc) is 2.25. The molecule has 0 fully saturated rings. The second kappa shape index (κ2) is 4.87. The fourth-order valence-electron chi connectivity index (χ4n) is 1.08. The summed E-state index contributed by atoms with van der Waals surface area (Å²) in [5.41, 5.74) is -0.688. The zero-order valence-electron chi connectivity index (χ0n) is 7.95. The smallest absolute Gasteiger partial charge is 0.341 e. The maximum Gasteiger partial charge on any atom is 0.341 e. The van der Waals surface area contributed by atoms with E-state index in [1.807, 2.05) is 0 Å². The van der Waals surface area contributed by atoms with Gasteiger partial charge in [0, 0.05) is 6.07 Å². The van der Waals surface area contributed by atoms with Gasteiger partial charge in [0.05, 0.1) is 4.92 Å². The first-order valence-corrected chi connectivity index (χ1v) is 4.13. The van der Waals surface area contributed by atoms with Crippen LogP contribution in [0.3, 0.4) is 0 Å². The fourth-order valence-corrected chi connectivity index (χ4v) is 1.08. The Kier molecular flexibility index (Phi) is 3.54. The van der Waals surface area contributed by atoms with Crippen LogP contribution in [0, 0.1) is 10.1 Å². The SMILES string of the molecule is O=Cc1c(OCC(=O)O)cccc1[N+](=O)[O-]. The molecule has 7 heteroatoms. The van der Waals surface area contributed by atoms with Crippen molar-refractivity contribution in [2.75, 3.05) is 6.61 Å². The molecule has 0 bridgehead atoms. The van der Waals surface area contributed by atoms with Crippen molar-refractivity contribution in [3.8, 4) is 5.75 Å². The molecule has 1 N–H and O–H groups in total. The number of nitro groups is 1. The largest absolute Gasteiger partial charge is 0.481 e. The molecule has 0 unspecified atom stereocenters. The third kappa shape index (κ3) is 2.53. The van der Waals surface area contributed by atoms with E-state index in [-0.39, 0.29) is 17.6 Å². The Morgan fingerprint density at radius 2 is 2.25 bits per heavy atom. The van der Waals surface area contributed by atoms with Gasteiger partial charge in [0.1, 0.15) is 11.3 Å². The summed E-state index contributed by atoms with van der Waals surface area (Å²) < 4.78 is 4.75. The van der Waals surface area contributed by atoms with Crippen LogP contribution in [-0.4, -0.2) is 28.9 Å². The Labute approximate surface area is 89.4 Å². The van der Waals surface area contributed by atoms with E-state index in [0.29, 0.717) is 0 Å². The normalized spacial score (nSPS) is 9.50. The topological polar surface area (TPSA) is 107 Å². The fraction of sp³-hybridized carbons (Fsp3) is 0.111. The lowest BCUT2D eigenvalue weighted by Gasteiger charge is -2.05. The Bertz CT molecular complexity index is 442. The Morgan fingerprint density at radius 3 is 2.75 bits per heavy atom. The lowest BCUT2D eigenvalue weighted by molar-refractivity contribution is -0.385. The first-order chi connectivity index (χ1) is 7.56. The van der Waals surface area contributed by atoms with Crippen LogP contribution in [0.5, 0.6) is 5.75 Å². The van der Waals surface area contributed by atoms with Crippen LogP contribution >= 0.6 is 0 Å². The van der Waals surface area contributed by atoms with Gasteiger partial charge in [0.2, 0.25) is 0 Å². The monoisotopic (exact) mass is 225 g/mol. The highest BCUT2D eigenvalue weighted by atomic mass is 16.6. The van der Waals surface area contributed by atoms with Crippen molar-refractivity contribution in [3.63, 3.8) is 0 Å². The maximum absolute atomic E-state index is 10.7. The van der Waals surface area contributed by atoms with Crippen LogP contribution in [-0.2, 0) is 4.79 Å². The van der Waals surface area contributed by atoms with Crippen LogP contribution in [0.1, 0.15) is 10.4 Å². The molecule has 1 rings (SSSR count). The molecule has 1 aromatic rings. The average molecular weight is 225 g/mol. The third-order valence-corrected chi connectivity index (χ3v) is 1.71. The first kappa shape index (κ1) is 11.6. The molecule has 0 aliphatic rings. The molecule has 0 aliphatic heterocycles. The van der Waals surface area contributed by atoms with E-state index in [0.717, 1.165) is 6.07 Å². The molecule has 0 heterocycles. The summed E-state index contributed by atoms with van der Waals surface area (Å²) in [6, 6.07) is 3.74. The van der Waals surface area contributed by atoms with Crippen molar-refractivity contribution in [1.29, 1.82) is 0 Å². The van der Waals surface area contributed by atoms with E-state index in [1.165, 1.54) is 12.1 Å². The van der Waals surface area contributed by atoms with Gasteiger partial charge in [0.15, 0.2) is 12.9 Å². The molecule has 7 nitrogen and oxygen atoms in total. The molecule has 0 saturated carbocycles. The van der Waals surface area contributed by atoms with Crippen molar-refractivity contribution in [1.82, 2.24) is 0 Å². The molecule has 0 aliphatic carbocycles. The van der Waals surface area contributed by atoms with Crippen molar-refractivity contribution in [3.05, 3.63) is 33.9 Å². The number of nitrogens with zero attached hydrogens (tertiary/aromatic N) is 1. The highest BCUT2D eigenvalue weighted by Crippen LogP contribution is 2.26. The first-order valence-electron chi connectivity index (χ1n) is 4.13. The zero-order chi connectivity index (χ0) is 12.1. The third-order valence-electron chi connectivity index (χ3n) is 1.71. The summed E-state index contributed by atoms with van der Waals surface area (Å²) in [5.74, 6) is -1.35. The van der Waals surface area contributed by atoms with Crippen LogP contribution in [0.2, 0.25) is 0 Å². The van der Waals surface area contributed by atoms with Gasteiger partial charge in [-0.15, -0.1) is 0 Å². The number of carboxylic acids is 1. The second-order valence-corrected chi connectivity index (χ2v) is 2.75. The highest BCUT2D eigenvalue weighted by Gasteiger charge is 2.18. The zero-order valence-corrected chi connectivity index (χ0v) is 7.95. The molecule has 1 aromatic carbocycles. The number of benzene rings is 1. The number of ether oxygens (including phenoxy) is 1. The van der Waals surface area contributed by atoms with Crippen LogP contribution < -0.4 is 4.74 Å². The Hall–Kier alpha value is -2.44. The lowest BCUT2D eigenvalue weighted by Crippen LogP contribution is -2.11. The van der Waals surface area contributed by atoms with Crippen molar-refractivity contribution >= 4 is 17.9 Å². The number of hydrogen-bond donors (Lipinski definition) is 1. The van der Waals surface area contributed by atoms with Crippen LogP contribution in [0.4, 0.5) is 5.69 Å². The van der Waals surface area contributed by atoms with Gasteiger partial charge in [-0.2, -0.15) is 0 Å². The van der Waals surface area contributed by atoms with Gasteiger partial charge in [-0.3, -0.25) is 14.9 Å². The van der Waals surface area contributed by atoms with Gasteiger partial charge < -0.3 is 9.84 Å². The number of carbonyl (C=O) groups excluding carboxylic acids is 1. The molecule has 0 radical (unpaired) electrons. The van der Waals surface area contributed by atoms with Gasteiger partial charge in [-0.05, 0) is 6.07 Å². The number of aliphatic carboxylic acids is 1. The summed E-state index contributed by atoms with van der Waals surface area (Å²) in [6.45, 7) is -0.665. The van der Waals surface area contributed by atoms with Gasteiger partial charge in [0.25, 0.3) is 5.69 Å². The number of hydrogen-bond acceptors (Lipinski definition) is 5. The maximum atomic E-state index is 10.7. The van der Waals surface area contributed by atoms with E-state index in [1.54, 1.807) is 0 Å². The lowest BCUT2D eigenvalue weighted by atomic mass is 10.2. The van der Waals surface area contributed by atoms with Crippen molar-refractivity contribution in [2.45, 2.75) is 0 Å². The summed E-state index contributed by atoms with van der Waals surface area (Å²) in [5, 5.41) is 18.9. The number of carbonyl (C=O) groups is 2. The molecule has 0 aromatic heterocycles. The summed E-state index contributed by atoms with van der Waals surface area (Å²) >= 11 is 0. The number of carboxylic acid groups (broad SMARTS) is 1. The summed E-state index contributed by atoms with van der Waals surface area (Å²) in [7, 11) is 0. The number of aldehydes is 1. The summed E-state index contributed by atoms with van der Waals surface area (Å²) in [4.78, 5) is 30.7. The molecule has 0 atom stereocenters. The van der Waals surface area contributed by atoms with Crippen molar-refractivity contribution in [2.24, 2.45) is 0 Å². The summed E-state index contributed by atoms with van der Waals surface area (Å²) in [6.07, 6.45) is 0.259. The van der Waals surface area contributed by atoms with E-state index in [9.17, 15) is 19.7 Å². The van der Waals surface area contributed by atoms with Gasteiger partial charge in [-0.1, -0.05) is 6.07 Å². The minimum Gasteiger partial charge on any atom is -0.481 e. The molecular formula is C9H7NO6. The Morgan fingerprint density at radius 1 is 1.56 bits per heavy atom. The number of nitro benzene ring substituents is 1. The molecule has 0 spiro atoms. The van der Waals surface area contributed by atoms with Crippen molar-refractivity contribution < 1.29 is 24.4 Å². The highest BCUT2D eigenvalue weighted by molar-refractivity contribution is 5.85. The quantitative estimate of drug-likeness (QED) is 0.452. The minimum atomic E-state index is -1.23. The molecule has 84 valence electrons. The predicted octanol–water partition coefficient (Wildman–Crippen LogP) is 0.871. The molecule has 0 amide bonds. The Balaban J connectivity index is 3.08. The van der Waals surface area contributed by atoms with E-state index < -0.39 is 23.2 Å². The predicted molar refractivity (Wildman–Crippen MR) is 51.6 cm³/mol. The molecule has 16 heavy (non-hydrogen) atoms. The van der Waals surface area contributed by atoms with E-state index in [4.69, 9.17) is 9.84 Å². The van der Waals surface area contributed by atoms with Gasteiger partial charge >= 0.3 is 5.97 Å². The molecule has 0 saturated heterocycles.